The Morgan fingerprint density at radius 3 is 2.27 bits per heavy atom. The van der Waals surface area contributed by atoms with Gasteiger partial charge < -0.3 is 4.74 Å². The Bertz CT molecular complexity index is 314. The zero-order chi connectivity index (χ0) is 10.8. The molecule has 0 saturated heterocycles. The lowest BCUT2D eigenvalue weighted by Crippen LogP contribution is -2.32. The molecule has 0 amide bonds. The molecule has 0 unspecified atom stereocenters. The first kappa shape index (κ1) is 9.74. The van der Waals surface area contributed by atoms with Gasteiger partial charge in [0, 0.05) is 5.41 Å². The van der Waals surface area contributed by atoms with Crippen molar-refractivity contribution in [1.82, 2.24) is 0 Å². The molecule has 4 aliphatic carbocycles. The van der Waals surface area contributed by atoms with Crippen LogP contribution in [0, 0.1) is 28.6 Å². The maximum atomic E-state index is 5.78. The summed E-state index contributed by atoms with van der Waals surface area (Å²) in [6.45, 7) is 10.1. The quantitative estimate of drug-likeness (QED) is 0.641. The third-order valence-electron chi connectivity index (χ3n) is 5.83. The molecular formula is C14H22O. The van der Waals surface area contributed by atoms with Crippen molar-refractivity contribution in [1.29, 1.82) is 0 Å². The highest BCUT2D eigenvalue weighted by Crippen LogP contribution is 2.86. The van der Waals surface area contributed by atoms with Crippen LogP contribution in [0.15, 0.2) is 11.8 Å². The summed E-state index contributed by atoms with van der Waals surface area (Å²) in [5, 5.41) is 0. The number of hydrogen-bond acceptors (Lipinski definition) is 1. The average Bonchev–Trinajstić information content (AvgIpc) is 2.53. The van der Waals surface area contributed by atoms with Crippen molar-refractivity contribution in [2.75, 3.05) is 6.61 Å². The van der Waals surface area contributed by atoms with Crippen LogP contribution in [0.5, 0.6) is 0 Å². The SMILES string of the molecule is CC(C)=COC[C@@]1(C)C2C[C@@H]3[C@@H](C2)C31C. The van der Waals surface area contributed by atoms with E-state index < -0.39 is 0 Å². The van der Waals surface area contributed by atoms with E-state index in [-0.39, 0.29) is 0 Å². The summed E-state index contributed by atoms with van der Waals surface area (Å²) >= 11 is 0. The van der Waals surface area contributed by atoms with Crippen molar-refractivity contribution >= 4 is 0 Å². The Morgan fingerprint density at radius 2 is 1.87 bits per heavy atom. The highest BCUT2D eigenvalue weighted by molar-refractivity contribution is 5.29. The lowest BCUT2D eigenvalue weighted by molar-refractivity contribution is 0.0541. The first-order valence-electron chi connectivity index (χ1n) is 6.25. The van der Waals surface area contributed by atoms with E-state index in [0.29, 0.717) is 10.8 Å². The van der Waals surface area contributed by atoms with Crippen LogP contribution < -0.4 is 0 Å². The summed E-state index contributed by atoms with van der Waals surface area (Å²) < 4.78 is 5.78. The molecule has 0 radical (unpaired) electrons. The van der Waals surface area contributed by atoms with Crippen molar-refractivity contribution in [3.63, 3.8) is 0 Å². The second-order valence-electron chi connectivity index (χ2n) is 6.59. The molecule has 0 N–H and O–H groups in total. The third-order valence-corrected chi connectivity index (χ3v) is 5.83. The smallest absolute Gasteiger partial charge is 0.0934 e. The Hall–Kier alpha value is -0.460. The summed E-state index contributed by atoms with van der Waals surface area (Å²) in [4.78, 5) is 0. The molecule has 4 rings (SSSR count). The van der Waals surface area contributed by atoms with Crippen LogP contribution in [-0.2, 0) is 4.74 Å². The molecule has 0 aromatic rings. The predicted octanol–water partition coefficient (Wildman–Crippen LogP) is 3.61. The van der Waals surface area contributed by atoms with Gasteiger partial charge in [0.05, 0.1) is 12.9 Å². The Balaban J connectivity index is 1.73. The molecule has 4 fully saturated rings. The molecule has 4 aliphatic rings. The van der Waals surface area contributed by atoms with Crippen LogP contribution in [0.3, 0.4) is 0 Å². The molecule has 0 aliphatic heterocycles. The Morgan fingerprint density at radius 1 is 1.27 bits per heavy atom. The van der Waals surface area contributed by atoms with E-state index in [1.807, 2.05) is 6.26 Å². The van der Waals surface area contributed by atoms with Crippen LogP contribution >= 0.6 is 0 Å². The van der Waals surface area contributed by atoms with Crippen molar-refractivity contribution in [3.8, 4) is 0 Å². The van der Waals surface area contributed by atoms with Gasteiger partial charge in [-0.1, -0.05) is 13.8 Å². The maximum Gasteiger partial charge on any atom is 0.0934 e. The normalized spacial score (nSPS) is 54.3. The zero-order valence-electron chi connectivity index (χ0n) is 10.3. The summed E-state index contributed by atoms with van der Waals surface area (Å²) in [6, 6.07) is 0. The van der Waals surface area contributed by atoms with Gasteiger partial charge in [-0.25, -0.2) is 0 Å². The summed E-state index contributed by atoms with van der Waals surface area (Å²) in [5.74, 6) is 3.04. The monoisotopic (exact) mass is 206 g/mol. The van der Waals surface area contributed by atoms with Gasteiger partial charge in [-0.05, 0) is 55.4 Å². The van der Waals surface area contributed by atoms with Crippen molar-refractivity contribution < 1.29 is 4.74 Å². The van der Waals surface area contributed by atoms with Gasteiger partial charge in [0.25, 0.3) is 0 Å². The van der Waals surface area contributed by atoms with Gasteiger partial charge >= 0.3 is 0 Å². The van der Waals surface area contributed by atoms with Crippen molar-refractivity contribution in [2.24, 2.45) is 28.6 Å². The van der Waals surface area contributed by atoms with E-state index in [1.54, 1.807) is 0 Å². The molecule has 0 heterocycles. The van der Waals surface area contributed by atoms with E-state index in [9.17, 15) is 0 Å². The van der Waals surface area contributed by atoms with E-state index in [0.717, 1.165) is 24.4 Å². The molecule has 0 aromatic carbocycles. The summed E-state index contributed by atoms with van der Waals surface area (Å²) in [7, 11) is 0. The molecule has 0 aromatic heterocycles. The maximum absolute atomic E-state index is 5.78. The van der Waals surface area contributed by atoms with Crippen LogP contribution in [0.4, 0.5) is 0 Å². The minimum absolute atomic E-state index is 0.467. The molecule has 3 atom stereocenters. The predicted molar refractivity (Wildman–Crippen MR) is 61.3 cm³/mol. The van der Waals surface area contributed by atoms with Gasteiger partial charge in [0.2, 0.25) is 0 Å². The second-order valence-corrected chi connectivity index (χ2v) is 6.59. The lowest BCUT2D eigenvalue weighted by atomic mass is 9.75. The lowest BCUT2D eigenvalue weighted by Gasteiger charge is -2.33. The van der Waals surface area contributed by atoms with E-state index in [1.165, 1.54) is 18.4 Å². The molecule has 1 nitrogen and oxygen atoms in total. The summed E-state index contributed by atoms with van der Waals surface area (Å²) in [5.41, 5.74) is 2.36. The van der Waals surface area contributed by atoms with Gasteiger partial charge in [-0.3, -0.25) is 0 Å². The molecule has 4 saturated carbocycles. The number of allylic oxidation sites excluding steroid dienone is 1. The molecular weight excluding hydrogens is 184 g/mol. The van der Waals surface area contributed by atoms with Crippen LogP contribution in [0.25, 0.3) is 0 Å². The van der Waals surface area contributed by atoms with Crippen LogP contribution in [-0.4, -0.2) is 6.61 Å². The number of rotatable bonds is 3. The molecule has 4 bridgehead atoms. The van der Waals surface area contributed by atoms with Crippen molar-refractivity contribution in [2.45, 2.75) is 40.5 Å². The first-order valence-corrected chi connectivity index (χ1v) is 6.25. The average molecular weight is 206 g/mol. The minimum atomic E-state index is 0.467. The Labute approximate surface area is 92.9 Å². The molecule has 15 heavy (non-hydrogen) atoms. The van der Waals surface area contributed by atoms with Crippen LogP contribution in [0.2, 0.25) is 0 Å². The van der Waals surface area contributed by atoms with Crippen LogP contribution in [0.1, 0.15) is 40.5 Å². The number of ether oxygens (including phenoxy) is 1. The largest absolute Gasteiger partial charge is 0.501 e. The van der Waals surface area contributed by atoms with E-state index in [2.05, 4.69) is 27.7 Å². The standard InChI is InChI=1S/C14H22O/c1-9(2)7-15-8-13(3)10-5-11-12(6-10)14(11,13)4/h7,10-12H,5-6,8H2,1-4H3/t10?,11-,12-,13+,14?/m1/s1. The molecule has 1 heteroatoms. The van der Waals surface area contributed by atoms with E-state index in [4.69, 9.17) is 4.74 Å². The third kappa shape index (κ3) is 0.951. The van der Waals surface area contributed by atoms with Gasteiger partial charge in [0.1, 0.15) is 0 Å². The fourth-order valence-electron chi connectivity index (χ4n) is 4.69. The highest BCUT2D eigenvalue weighted by atomic mass is 16.5. The molecule has 84 valence electrons. The highest BCUT2D eigenvalue weighted by Gasteiger charge is 2.81. The number of hydrogen-bond donors (Lipinski definition) is 0. The Kier molecular flexibility index (Phi) is 1.70. The zero-order valence-corrected chi connectivity index (χ0v) is 10.3. The van der Waals surface area contributed by atoms with Gasteiger partial charge in [0.15, 0.2) is 0 Å². The minimum Gasteiger partial charge on any atom is -0.501 e. The van der Waals surface area contributed by atoms with Gasteiger partial charge in [-0.15, -0.1) is 0 Å². The fraction of sp³-hybridized carbons (Fsp3) is 0.857. The summed E-state index contributed by atoms with van der Waals surface area (Å²) in [6.07, 6.45) is 4.90. The second kappa shape index (κ2) is 2.61. The van der Waals surface area contributed by atoms with Crippen molar-refractivity contribution in [3.05, 3.63) is 11.8 Å². The topological polar surface area (TPSA) is 9.23 Å². The van der Waals surface area contributed by atoms with Gasteiger partial charge in [-0.2, -0.15) is 0 Å². The van der Waals surface area contributed by atoms with E-state index >= 15 is 0 Å². The molecule has 0 spiro atoms. The first-order chi connectivity index (χ1) is 7.00. The fourth-order valence-corrected chi connectivity index (χ4v) is 4.69.